The van der Waals surface area contributed by atoms with Crippen LogP contribution in [0, 0.1) is 0 Å². The van der Waals surface area contributed by atoms with Crippen LogP contribution in [-0.2, 0) is 14.6 Å². The van der Waals surface area contributed by atoms with Gasteiger partial charge in [0, 0.05) is 32.6 Å². The molecule has 0 radical (unpaired) electrons. The average Bonchev–Trinajstić information content (AvgIpc) is 3.41. The summed E-state index contributed by atoms with van der Waals surface area (Å²) in [6.07, 6.45) is 3.55. The quantitative estimate of drug-likeness (QED) is 0.324. The number of carbonyl (C=O) groups is 1. The van der Waals surface area contributed by atoms with Crippen LogP contribution in [-0.4, -0.2) is 70.7 Å². The van der Waals surface area contributed by atoms with E-state index in [4.69, 9.17) is 23.2 Å². The Kier molecular flexibility index (Phi) is 9.04. The minimum atomic E-state index is -3.24. The number of nitrogens with zero attached hydrogens (tertiary/aromatic N) is 3. The predicted molar refractivity (Wildman–Crippen MR) is 156 cm³/mol. The number of rotatable bonds is 9. The minimum Gasteiger partial charge on any atom is -0.365 e. The van der Waals surface area contributed by atoms with E-state index in [2.05, 4.69) is 17.0 Å². The number of hydrogen-bond donors (Lipinski definition) is 0. The van der Waals surface area contributed by atoms with Crippen LogP contribution < -0.4 is 4.90 Å². The summed E-state index contributed by atoms with van der Waals surface area (Å²) in [4.78, 5) is 19.8. The lowest BCUT2D eigenvalue weighted by Crippen LogP contribution is -2.42. The van der Waals surface area contributed by atoms with E-state index >= 15 is 0 Å². The van der Waals surface area contributed by atoms with E-state index in [0.717, 1.165) is 42.0 Å². The first-order valence-electron chi connectivity index (χ1n) is 12.6. The van der Waals surface area contributed by atoms with Gasteiger partial charge in [-0.25, -0.2) is 8.42 Å². The number of likely N-dealkylation sites (tertiary alicyclic amines) is 1. The number of carbonyl (C=O) groups excluding carboxylic acids is 1. The fourth-order valence-corrected chi connectivity index (χ4v) is 5.68. The van der Waals surface area contributed by atoms with Crippen molar-refractivity contribution in [1.82, 2.24) is 9.80 Å². The summed E-state index contributed by atoms with van der Waals surface area (Å²) < 4.78 is 23.6. The van der Waals surface area contributed by atoms with Gasteiger partial charge >= 0.3 is 0 Å². The van der Waals surface area contributed by atoms with Crippen molar-refractivity contribution in [2.75, 3.05) is 51.4 Å². The molecule has 1 aliphatic heterocycles. The summed E-state index contributed by atoms with van der Waals surface area (Å²) in [7, 11) is 0.493. The molecule has 0 N–H and O–H groups in total. The Morgan fingerprint density at radius 2 is 1.47 bits per heavy atom. The molecule has 4 rings (SSSR count). The standard InChI is InChI=1S/C29H33Cl2N3O3S/c1-32(24-12-15-26(30)27(31)18-24)20-29(35)33(2)28(19-34-16-4-5-17-34)23-8-6-21(7-9-23)22-10-13-25(14-11-22)38(3,36)37/h6-15,18,28H,4-5,16-17,19-20H2,1-3H3. The van der Waals surface area contributed by atoms with Crippen molar-refractivity contribution in [3.05, 3.63) is 82.3 Å². The Labute approximate surface area is 235 Å². The smallest absolute Gasteiger partial charge is 0.242 e. The molecule has 9 heteroatoms. The highest BCUT2D eigenvalue weighted by molar-refractivity contribution is 7.90. The summed E-state index contributed by atoms with van der Waals surface area (Å²) in [5.41, 5.74) is 3.81. The maximum atomic E-state index is 13.4. The van der Waals surface area contributed by atoms with Crippen molar-refractivity contribution >= 4 is 44.6 Å². The van der Waals surface area contributed by atoms with Crippen LogP contribution in [0.1, 0.15) is 24.4 Å². The van der Waals surface area contributed by atoms with Crippen molar-refractivity contribution in [2.24, 2.45) is 0 Å². The van der Waals surface area contributed by atoms with Gasteiger partial charge in [-0.2, -0.15) is 0 Å². The van der Waals surface area contributed by atoms with Gasteiger partial charge in [0.1, 0.15) is 0 Å². The molecule has 1 atom stereocenters. The highest BCUT2D eigenvalue weighted by Crippen LogP contribution is 2.29. The molecule has 1 heterocycles. The first kappa shape index (κ1) is 28.4. The topological polar surface area (TPSA) is 60.9 Å². The van der Waals surface area contributed by atoms with E-state index in [-0.39, 0.29) is 18.5 Å². The summed E-state index contributed by atoms with van der Waals surface area (Å²) in [5.74, 6) is 0.00297. The van der Waals surface area contributed by atoms with Gasteiger partial charge in [0.2, 0.25) is 5.91 Å². The Hall–Kier alpha value is -2.58. The number of sulfone groups is 1. The van der Waals surface area contributed by atoms with Gasteiger partial charge in [0.05, 0.1) is 27.5 Å². The highest BCUT2D eigenvalue weighted by atomic mass is 35.5. The van der Waals surface area contributed by atoms with E-state index in [1.54, 1.807) is 24.3 Å². The summed E-state index contributed by atoms with van der Waals surface area (Å²) in [6, 6.07) is 20.3. The lowest BCUT2D eigenvalue weighted by molar-refractivity contribution is -0.131. The number of halogens is 2. The van der Waals surface area contributed by atoms with Crippen LogP contribution in [0.2, 0.25) is 10.0 Å². The average molecular weight is 575 g/mol. The first-order chi connectivity index (χ1) is 18.0. The van der Waals surface area contributed by atoms with E-state index in [9.17, 15) is 13.2 Å². The second-order valence-electron chi connectivity index (χ2n) is 9.90. The molecular weight excluding hydrogens is 541 g/mol. The van der Waals surface area contributed by atoms with Crippen molar-refractivity contribution in [1.29, 1.82) is 0 Å². The molecule has 1 amide bonds. The maximum Gasteiger partial charge on any atom is 0.242 e. The van der Waals surface area contributed by atoms with Crippen LogP contribution in [0.4, 0.5) is 5.69 Å². The van der Waals surface area contributed by atoms with Crippen LogP contribution in [0.25, 0.3) is 11.1 Å². The van der Waals surface area contributed by atoms with Gasteiger partial charge in [-0.1, -0.05) is 59.6 Å². The zero-order valence-electron chi connectivity index (χ0n) is 21.9. The van der Waals surface area contributed by atoms with Gasteiger partial charge < -0.3 is 14.7 Å². The Morgan fingerprint density at radius 3 is 2.03 bits per heavy atom. The molecule has 0 spiro atoms. The fraction of sp³-hybridized carbons (Fsp3) is 0.345. The van der Waals surface area contributed by atoms with E-state index < -0.39 is 9.84 Å². The van der Waals surface area contributed by atoms with E-state index in [1.807, 2.05) is 54.2 Å². The lowest BCUT2D eigenvalue weighted by atomic mass is 9.99. The molecule has 1 unspecified atom stereocenters. The molecule has 1 saturated heterocycles. The Morgan fingerprint density at radius 1 is 0.895 bits per heavy atom. The van der Waals surface area contributed by atoms with Gasteiger partial charge in [-0.15, -0.1) is 0 Å². The van der Waals surface area contributed by atoms with Crippen LogP contribution >= 0.6 is 23.2 Å². The van der Waals surface area contributed by atoms with Crippen LogP contribution in [0.15, 0.2) is 71.6 Å². The zero-order valence-corrected chi connectivity index (χ0v) is 24.2. The van der Waals surface area contributed by atoms with E-state index in [0.29, 0.717) is 14.9 Å². The number of likely N-dealkylation sites (N-methyl/N-ethyl adjacent to an activating group) is 2. The monoisotopic (exact) mass is 573 g/mol. The summed E-state index contributed by atoms with van der Waals surface area (Å²) in [6.45, 7) is 3.04. The van der Waals surface area contributed by atoms with Gasteiger partial charge in [0.15, 0.2) is 9.84 Å². The van der Waals surface area contributed by atoms with Crippen molar-refractivity contribution in [3.63, 3.8) is 0 Å². The summed E-state index contributed by atoms with van der Waals surface area (Å²) >= 11 is 12.2. The molecule has 3 aromatic carbocycles. The minimum absolute atomic E-state index is 0.00297. The number of hydrogen-bond acceptors (Lipinski definition) is 5. The van der Waals surface area contributed by atoms with Crippen molar-refractivity contribution in [3.8, 4) is 11.1 Å². The van der Waals surface area contributed by atoms with Crippen molar-refractivity contribution < 1.29 is 13.2 Å². The number of amides is 1. The van der Waals surface area contributed by atoms with Crippen LogP contribution in [0.3, 0.4) is 0 Å². The maximum absolute atomic E-state index is 13.4. The molecule has 6 nitrogen and oxygen atoms in total. The number of benzene rings is 3. The molecule has 202 valence electrons. The molecule has 0 bridgehead atoms. The van der Waals surface area contributed by atoms with Gasteiger partial charge in [-0.05, 0) is 73.0 Å². The Bertz CT molecular complexity index is 1370. The first-order valence-corrected chi connectivity index (χ1v) is 15.2. The SMILES string of the molecule is CN(CC(=O)N(C)C(CN1CCCC1)c1ccc(-c2ccc(S(C)(=O)=O)cc2)cc1)c1ccc(Cl)c(Cl)c1. The molecule has 1 aliphatic rings. The lowest BCUT2D eigenvalue weighted by Gasteiger charge is -2.33. The summed E-state index contributed by atoms with van der Waals surface area (Å²) in [5, 5.41) is 0.933. The molecule has 0 aliphatic carbocycles. The molecule has 0 aromatic heterocycles. The van der Waals surface area contributed by atoms with Crippen molar-refractivity contribution in [2.45, 2.75) is 23.8 Å². The molecule has 38 heavy (non-hydrogen) atoms. The largest absolute Gasteiger partial charge is 0.365 e. The molecular formula is C29H33Cl2N3O3S. The molecule has 1 fully saturated rings. The Balaban J connectivity index is 1.53. The normalized spacial score (nSPS) is 14.9. The third-order valence-corrected chi connectivity index (χ3v) is 8.99. The molecule has 3 aromatic rings. The highest BCUT2D eigenvalue weighted by Gasteiger charge is 2.26. The fourth-order valence-electron chi connectivity index (χ4n) is 4.76. The molecule has 0 saturated carbocycles. The second kappa shape index (κ2) is 12.1. The third kappa shape index (κ3) is 6.89. The van der Waals surface area contributed by atoms with E-state index in [1.165, 1.54) is 19.1 Å². The van der Waals surface area contributed by atoms with Crippen LogP contribution in [0.5, 0.6) is 0 Å². The van der Waals surface area contributed by atoms with Gasteiger partial charge in [0.25, 0.3) is 0 Å². The van der Waals surface area contributed by atoms with Gasteiger partial charge in [-0.3, -0.25) is 4.79 Å². The zero-order chi connectivity index (χ0) is 27.4. The second-order valence-corrected chi connectivity index (χ2v) is 12.7. The number of anilines is 1. The predicted octanol–water partition coefficient (Wildman–Crippen LogP) is 5.80. The third-order valence-electron chi connectivity index (χ3n) is 7.12.